The van der Waals surface area contributed by atoms with E-state index >= 15 is 0 Å². The number of aromatic nitrogens is 1. The zero-order valence-corrected chi connectivity index (χ0v) is 17.4. The Bertz CT molecular complexity index is 897. The third-order valence-electron chi connectivity index (χ3n) is 4.55. The summed E-state index contributed by atoms with van der Waals surface area (Å²) in [5.41, 5.74) is 1.17. The lowest BCUT2D eigenvalue weighted by atomic mass is 10.1. The van der Waals surface area contributed by atoms with Gasteiger partial charge in [-0.1, -0.05) is 24.3 Å². The van der Waals surface area contributed by atoms with Gasteiger partial charge in [0.05, 0.1) is 13.1 Å². The fourth-order valence-electron chi connectivity index (χ4n) is 3.11. The zero-order valence-electron chi connectivity index (χ0n) is 16.6. The van der Waals surface area contributed by atoms with Gasteiger partial charge in [-0.2, -0.15) is 13.2 Å². The van der Waals surface area contributed by atoms with Gasteiger partial charge in [-0.05, 0) is 24.5 Å². The highest BCUT2D eigenvalue weighted by molar-refractivity contribution is 7.09. The molecule has 2 heterocycles. The van der Waals surface area contributed by atoms with E-state index in [0.717, 1.165) is 40.8 Å². The van der Waals surface area contributed by atoms with Gasteiger partial charge in [-0.3, -0.25) is 4.79 Å². The minimum absolute atomic E-state index is 0.156. The van der Waals surface area contributed by atoms with E-state index in [-0.39, 0.29) is 12.5 Å². The van der Waals surface area contributed by atoms with Crippen molar-refractivity contribution in [2.45, 2.75) is 45.6 Å². The number of hydrogen-bond donors (Lipinski definition) is 2. The van der Waals surface area contributed by atoms with Crippen LogP contribution in [0.15, 0.2) is 34.6 Å². The Kier molecular flexibility index (Phi) is 7.30. The number of aliphatic imine (C=N–C) groups is 1. The Morgan fingerprint density at radius 3 is 2.77 bits per heavy atom. The van der Waals surface area contributed by atoms with E-state index in [1.807, 2.05) is 36.1 Å². The lowest BCUT2D eigenvalue weighted by Crippen LogP contribution is -2.36. The normalized spacial score (nSPS) is 15.0. The number of thiazole rings is 1. The quantitative estimate of drug-likeness (QED) is 0.512. The van der Waals surface area contributed by atoms with Crippen molar-refractivity contribution in [1.29, 1.82) is 0 Å². The predicted molar refractivity (Wildman–Crippen MR) is 110 cm³/mol. The van der Waals surface area contributed by atoms with Crippen molar-refractivity contribution in [3.63, 3.8) is 0 Å². The van der Waals surface area contributed by atoms with Crippen LogP contribution in [-0.4, -0.2) is 34.8 Å². The molecule has 162 valence electrons. The van der Waals surface area contributed by atoms with Crippen LogP contribution in [0.4, 0.5) is 13.2 Å². The maximum atomic E-state index is 12.7. The average Bonchev–Trinajstić information content (AvgIpc) is 3.34. The largest absolute Gasteiger partial charge is 0.434 e. The number of nitrogens with one attached hydrogen (secondary N) is 2. The van der Waals surface area contributed by atoms with Crippen molar-refractivity contribution < 1.29 is 18.0 Å². The lowest BCUT2D eigenvalue weighted by Gasteiger charge is -2.16. The first-order valence-corrected chi connectivity index (χ1v) is 10.6. The molecule has 0 aliphatic carbocycles. The fourth-order valence-corrected chi connectivity index (χ4v) is 3.85. The maximum absolute atomic E-state index is 12.7. The minimum atomic E-state index is -4.43. The highest BCUT2D eigenvalue weighted by atomic mass is 32.1. The molecule has 1 amide bonds. The summed E-state index contributed by atoms with van der Waals surface area (Å²) in [6, 6.07) is 7.91. The molecule has 1 saturated heterocycles. The summed E-state index contributed by atoms with van der Waals surface area (Å²) in [6.45, 7) is 4.49. The van der Waals surface area contributed by atoms with Crippen molar-refractivity contribution in [2.75, 3.05) is 13.1 Å². The Morgan fingerprint density at radius 2 is 2.10 bits per heavy atom. The summed E-state index contributed by atoms with van der Waals surface area (Å²) in [6.07, 6.45) is -2.91. The van der Waals surface area contributed by atoms with Gasteiger partial charge in [0, 0.05) is 31.4 Å². The molecule has 2 N–H and O–H groups in total. The van der Waals surface area contributed by atoms with Gasteiger partial charge < -0.3 is 15.5 Å². The molecule has 3 rings (SSSR count). The zero-order chi connectivity index (χ0) is 21.6. The van der Waals surface area contributed by atoms with Crippen molar-refractivity contribution in [1.82, 2.24) is 20.5 Å². The van der Waals surface area contributed by atoms with Gasteiger partial charge in [0.15, 0.2) is 11.7 Å². The second kappa shape index (κ2) is 9.92. The van der Waals surface area contributed by atoms with E-state index in [1.165, 1.54) is 0 Å². The van der Waals surface area contributed by atoms with Crippen molar-refractivity contribution in [3.8, 4) is 0 Å². The molecule has 0 saturated carbocycles. The number of carbonyl (C=O) groups excluding carboxylic acids is 1. The van der Waals surface area contributed by atoms with Crippen LogP contribution >= 0.6 is 11.3 Å². The number of benzene rings is 1. The Hall–Kier alpha value is -2.62. The van der Waals surface area contributed by atoms with E-state index in [0.29, 0.717) is 37.0 Å². The molecule has 2 aromatic rings. The predicted octanol–water partition coefficient (Wildman–Crippen LogP) is 3.54. The van der Waals surface area contributed by atoms with E-state index in [4.69, 9.17) is 0 Å². The monoisotopic (exact) mass is 439 g/mol. The number of amides is 1. The number of halogens is 3. The van der Waals surface area contributed by atoms with Gasteiger partial charge in [0.25, 0.3) is 0 Å². The molecule has 1 aliphatic heterocycles. The second-order valence-corrected chi connectivity index (χ2v) is 7.85. The SMILES string of the molecule is CCNC(=NCc1cccc(CN2CCCC2=O)c1)NCc1nc(C(F)(F)F)cs1. The molecule has 0 radical (unpaired) electrons. The first-order valence-electron chi connectivity index (χ1n) is 9.74. The highest BCUT2D eigenvalue weighted by Crippen LogP contribution is 2.29. The summed E-state index contributed by atoms with van der Waals surface area (Å²) >= 11 is 0.960. The fraction of sp³-hybridized carbons (Fsp3) is 0.450. The second-order valence-electron chi connectivity index (χ2n) is 6.91. The molecule has 1 aliphatic rings. The first-order chi connectivity index (χ1) is 14.3. The topological polar surface area (TPSA) is 69.6 Å². The van der Waals surface area contributed by atoms with E-state index in [2.05, 4.69) is 20.6 Å². The summed E-state index contributed by atoms with van der Waals surface area (Å²) < 4.78 is 38.0. The maximum Gasteiger partial charge on any atom is 0.434 e. The van der Waals surface area contributed by atoms with Crippen LogP contribution in [0, 0.1) is 0 Å². The van der Waals surface area contributed by atoms with Crippen LogP contribution < -0.4 is 10.6 Å². The number of hydrogen-bond acceptors (Lipinski definition) is 4. The number of rotatable bonds is 7. The van der Waals surface area contributed by atoms with Crippen LogP contribution in [0.3, 0.4) is 0 Å². The standard InChI is InChI=1S/C20H24F3N5OS/c1-2-24-19(26-11-17-27-16(13-30-17)20(21,22)23)25-10-14-5-3-6-15(9-14)12-28-8-4-7-18(28)29/h3,5-6,9,13H,2,4,7-8,10-12H2,1H3,(H2,24,25,26). The third-order valence-corrected chi connectivity index (χ3v) is 5.40. The molecule has 0 atom stereocenters. The van der Waals surface area contributed by atoms with Crippen molar-refractivity contribution in [3.05, 3.63) is 51.5 Å². The van der Waals surface area contributed by atoms with Gasteiger partial charge in [0.1, 0.15) is 5.01 Å². The van der Waals surface area contributed by atoms with Crippen LogP contribution in [0.2, 0.25) is 0 Å². The Morgan fingerprint density at radius 1 is 1.30 bits per heavy atom. The third kappa shape index (κ3) is 6.19. The number of alkyl halides is 3. The molecule has 10 heteroatoms. The van der Waals surface area contributed by atoms with Crippen molar-refractivity contribution in [2.24, 2.45) is 4.99 Å². The molecule has 0 unspecified atom stereocenters. The Labute approximate surface area is 177 Å². The molecule has 0 bridgehead atoms. The molecular weight excluding hydrogens is 415 g/mol. The van der Waals surface area contributed by atoms with E-state index < -0.39 is 11.9 Å². The van der Waals surface area contributed by atoms with Gasteiger partial charge in [-0.15, -0.1) is 11.3 Å². The highest BCUT2D eigenvalue weighted by Gasteiger charge is 2.33. The molecule has 1 aromatic heterocycles. The molecule has 6 nitrogen and oxygen atoms in total. The minimum Gasteiger partial charge on any atom is -0.357 e. The number of nitrogens with zero attached hydrogens (tertiary/aromatic N) is 3. The molecular formula is C20H24F3N5OS. The Balaban J connectivity index is 1.59. The summed E-state index contributed by atoms with van der Waals surface area (Å²) in [5.74, 6) is 0.689. The summed E-state index contributed by atoms with van der Waals surface area (Å²) in [7, 11) is 0. The number of carbonyl (C=O) groups is 1. The van der Waals surface area contributed by atoms with Crippen molar-refractivity contribution >= 4 is 23.2 Å². The van der Waals surface area contributed by atoms with Crippen LogP contribution in [0.25, 0.3) is 0 Å². The molecule has 1 aromatic carbocycles. The van der Waals surface area contributed by atoms with E-state index in [9.17, 15) is 18.0 Å². The van der Waals surface area contributed by atoms with Gasteiger partial charge in [-0.25, -0.2) is 9.98 Å². The van der Waals surface area contributed by atoms with Gasteiger partial charge >= 0.3 is 6.18 Å². The average molecular weight is 440 g/mol. The van der Waals surface area contributed by atoms with Crippen LogP contribution in [0.5, 0.6) is 0 Å². The van der Waals surface area contributed by atoms with Gasteiger partial charge in [0.2, 0.25) is 5.91 Å². The summed E-state index contributed by atoms with van der Waals surface area (Å²) in [4.78, 5) is 21.8. The van der Waals surface area contributed by atoms with E-state index in [1.54, 1.807) is 0 Å². The smallest absolute Gasteiger partial charge is 0.357 e. The number of likely N-dealkylation sites (tertiary alicyclic amines) is 1. The van der Waals surface area contributed by atoms with Crippen LogP contribution in [0.1, 0.15) is 41.6 Å². The summed E-state index contributed by atoms with van der Waals surface area (Å²) in [5, 5.41) is 7.45. The first kappa shape index (κ1) is 22.1. The van der Waals surface area contributed by atoms with Crippen LogP contribution in [-0.2, 0) is 30.6 Å². The molecule has 0 spiro atoms. The molecule has 1 fully saturated rings. The number of guanidine groups is 1. The lowest BCUT2D eigenvalue weighted by molar-refractivity contribution is -0.140. The molecule has 30 heavy (non-hydrogen) atoms.